The van der Waals surface area contributed by atoms with Crippen molar-refractivity contribution in [2.24, 2.45) is 0 Å². The number of amides is 1. The number of hydrogen-bond donors (Lipinski definition) is 2. The highest BCUT2D eigenvalue weighted by atomic mass is 35.5. The topological polar surface area (TPSA) is 76.1 Å². The van der Waals surface area contributed by atoms with Crippen molar-refractivity contribution in [3.63, 3.8) is 0 Å². The van der Waals surface area contributed by atoms with Crippen molar-refractivity contribution in [2.45, 2.75) is 38.2 Å². The van der Waals surface area contributed by atoms with E-state index in [0.717, 1.165) is 30.9 Å². The van der Waals surface area contributed by atoms with E-state index in [9.17, 15) is 4.79 Å². The number of hydrogen-bond acceptors (Lipinski definition) is 6. The van der Waals surface area contributed by atoms with Gasteiger partial charge in [-0.1, -0.05) is 18.3 Å². The van der Waals surface area contributed by atoms with Crippen molar-refractivity contribution in [3.05, 3.63) is 5.01 Å². The Morgan fingerprint density at radius 3 is 2.75 bits per heavy atom. The molecule has 0 unspecified atom stereocenters. The molecule has 0 bridgehead atoms. The van der Waals surface area contributed by atoms with Gasteiger partial charge in [0.1, 0.15) is 10.6 Å². The highest BCUT2D eigenvalue weighted by molar-refractivity contribution is 7.15. The van der Waals surface area contributed by atoms with Crippen molar-refractivity contribution >= 4 is 34.8 Å². The van der Waals surface area contributed by atoms with Gasteiger partial charge < -0.3 is 10.1 Å². The second-order valence-corrected chi connectivity index (χ2v) is 5.72. The van der Waals surface area contributed by atoms with Crippen LogP contribution in [0.1, 0.15) is 31.2 Å². The number of nitrogens with one attached hydrogen (secondary N) is 2. The van der Waals surface area contributed by atoms with Gasteiger partial charge in [-0.05, 0) is 32.4 Å². The van der Waals surface area contributed by atoms with E-state index in [1.165, 1.54) is 11.3 Å². The molecule has 0 spiro atoms. The zero-order valence-corrected chi connectivity index (χ0v) is 13.4. The SMILES string of the molecule is CCCc1nnc(NC(=O)C2(OC)CCNCC2)s1.Cl. The molecule has 1 aromatic heterocycles. The van der Waals surface area contributed by atoms with E-state index < -0.39 is 5.60 Å². The second kappa shape index (κ2) is 7.87. The van der Waals surface area contributed by atoms with Gasteiger partial charge in [0, 0.05) is 13.5 Å². The van der Waals surface area contributed by atoms with Crippen LogP contribution in [0.25, 0.3) is 0 Å². The van der Waals surface area contributed by atoms with Crippen LogP contribution in [-0.2, 0) is 16.0 Å². The van der Waals surface area contributed by atoms with Gasteiger partial charge in [-0.15, -0.1) is 22.6 Å². The first-order chi connectivity index (χ1) is 9.20. The molecular weight excluding hydrogens is 300 g/mol. The Labute approximate surface area is 129 Å². The highest BCUT2D eigenvalue weighted by Gasteiger charge is 2.40. The lowest BCUT2D eigenvalue weighted by Crippen LogP contribution is -2.51. The van der Waals surface area contributed by atoms with Crippen LogP contribution in [0.15, 0.2) is 0 Å². The largest absolute Gasteiger partial charge is 0.368 e. The fourth-order valence-corrected chi connectivity index (χ4v) is 3.02. The highest BCUT2D eigenvalue weighted by Crippen LogP contribution is 2.25. The number of rotatable bonds is 5. The summed E-state index contributed by atoms with van der Waals surface area (Å²) in [4.78, 5) is 12.4. The normalized spacial score (nSPS) is 17.3. The lowest BCUT2D eigenvalue weighted by molar-refractivity contribution is -0.140. The predicted octanol–water partition coefficient (Wildman–Crippen LogP) is 1.62. The number of halogens is 1. The fourth-order valence-electron chi connectivity index (χ4n) is 2.18. The predicted molar refractivity (Wildman–Crippen MR) is 81.6 cm³/mol. The van der Waals surface area contributed by atoms with Crippen LogP contribution in [0.2, 0.25) is 0 Å². The van der Waals surface area contributed by atoms with E-state index >= 15 is 0 Å². The fraction of sp³-hybridized carbons (Fsp3) is 0.750. The van der Waals surface area contributed by atoms with E-state index in [2.05, 4.69) is 27.8 Å². The molecule has 1 saturated heterocycles. The summed E-state index contributed by atoms with van der Waals surface area (Å²) >= 11 is 1.43. The van der Waals surface area contributed by atoms with Crippen LogP contribution in [0.5, 0.6) is 0 Å². The van der Waals surface area contributed by atoms with Crippen LogP contribution >= 0.6 is 23.7 Å². The van der Waals surface area contributed by atoms with E-state index in [-0.39, 0.29) is 18.3 Å². The van der Waals surface area contributed by atoms with Gasteiger partial charge >= 0.3 is 0 Å². The number of anilines is 1. The zero-order chi connectivity index (χ0) is 13.7. The molecule has 2 N–H and O–H groups in total. The number of aromatic nitrogens is 2. The lowest BCUT2D eigenvalue weighted by Gasteiger charge is -2.34. The lowest BCUT2D eigenvalue weighted by atomic mass is 9.91. The minimum absolute atomic E-state index is 0. The van der Waals surface area contributed by atoms with Crippen LogP contribution in [-0.4, -0.2) is 41.9 Å². The first-order valence-electron chi connectivity index (χ1n) is 6.60. The first kappa shape index (κ1) is 17.3. The molecule has 1 fully saturated rings. The standard InChI is InChI=1S/C12H20N4O2S.ClH/c1-3-4-9-15-16-11(19-9)14-10(17)12(18-2)5-7-13-8-6-12;/h13H,3-8H2,1-2H3,(H,14,16,17);1H. The third-order valence-corrected chi connectivity index (χ3v) is 4.27. The third kappa shape index (κ3) is 3.88. The summed E-state index contributed by atoms with van der Waals surface area (Å²) < 4.78 is 5.47. The van der Waals surface area contributed by atoms with Crippen molar-refractivity contribution < 1.29 is 9.53 Å². The van der Waals surface area contributed by atoms with Crippen molar-refractivity contribution in [1.82, 2.24) is 15.5 Å². The molecule has 1 aliphatic heterocycles. The average molecular weight is 321 g/mol. The number of piperidine rings is 1. The van der Waals surface area contributed by atoms with Gasteiger partial charge in [0.25, 0.3) is 5.91 Å². The molecule has 6 nitrogen and oxygen atoms in total. The molecule has 0 saturated carbocycles. The van der Waals surface area contributed by atoms with Crippen LogP contribution in [0, 0.1) is 0 Å². The molecule has 1 aromatic rings. The van der Waals surface area contributed by atoms with E-state index in [0.29, 0.717) is 18.0 Å². The molecule has 1 aliphatic rings. The van der Waals surface area contributed by atoms with Gasteiger partial charge in [-0.2, -0.15) is 0 Å². The van der Waals surface area contributed by atoms with E-state index in [1.807, 2.05) is 0 Å². The maximum absolute atomic E-state index is 12.4. The second-order valence-electron chi connectivity index (χ2n) is 4.65. The molecule has 0 radical (unpaired) electrons. The summed E-state index contributed by atoms with van der Waals surface area (Å²) in [6, 6.07) is 0. The molecule has 2 heterocycles. The summed E-state index contributed by atoms with van der Waals surface area (Å²) in [5.74, 6) is -0.115. The first-order valence-corrected chi connectivity index (χ1v) is 7.41. The number of nitrogens with zero attached hydrogens (tertiary/aromatic N) is 2. The summed E-state index contributed by atoms with van der Waals surface area (Å²) in [6.07, 6.45) is 3.27. The van der Waals surface area contributed by atoms with E-state index in [4.69, 9.17) is 4.74 Å². The Morgan fingerprint density at radius 1 is 1.45 bits per heavy atom. The Morgan fingerprint density at radius 2 is 2.15 bits per heavy atom. The third-order valence-electron chi connectivity index (χ3n) is 3.37. The Balaban J connectivity index is 0.00000200. The molecular formula is C12H21ClN4O2S. The molecule has 0 atom stereocenters. The molecule has 0 aromatic carbocycles. The molecule has 20 heavy (non-hydrogen) atoms. The van der Waals surface area contributed by atoms with Crippen molar-refractivity contribution in [1.29, 1.82) is 0 Å². The molecule has 2 rings (SSSR count). The van der Waals surface area contributed by atoms with Gasteiger partial charge in [-0.25, -0.2) is 0 Å². The van der Waals surface area contributed by atoms with Crippen LogP contribution < -0.4 is 10.6 Å². The maximum Gasteiger partial charge on any atom is 0.258 e. The van der Waals surface area contributed by atoms with Gasteiger partial charge in [0.05, 0.1) is 0 Å². The minimum atomic E-state index is -0.734. The number of carbonyl (C=O) groups excluding carboxylic acids is 1. The molecule has 8 heteroatoms. The molecule has 0 aliphatic carbocycles. The van der Waals surface area contributed by atoms with Crippen molar-refractivity contribution in [3.8, 4) is 0 Å². The van der Waals surface area contributed by atoms with E-state index in [1.54, 1.807) is 7.11 Å². The number of ether oxygens (including phenoxy) is 1. The maximum atomic E-state index is 12.4. The van der Waals surface area contributed by atoms with Gasteiger partial charge in [0.2, 0.25) is 5.13 Å². The summed E-state index contributed by atoms with van der Waals surface area (Å²) in [6.45, 7) is 3.67. The number of carbonyl (C=O) groups is 1. The molecule has 1 amide bonds. The summed E-state index contributed by atoms with van der Waals surface area (Å²) in [5.41, 5.74) is -0.734. The monoisotopic (exact) mass is 320 g/mol. The zero-order valence-electron chi connectivity index (χ0n) is 11.8. The molecule has 114 valence electrons. The van der Waals surface area contributed by atoms with Crippen molar-refractivity contribution in [2.75, 3.05) is 25.5 Å². The Bertz CT molecular complexity index is 435. The van der Waals surface area contributed by atoms with Crippen LogP contribution in [0.4, 0.5) is 5.13 Å². The minimum Gasteiger partial charge on any atom is -0.368 e. The van der Waals surface area contributed by atoms with Crippen LogP contribution in [0.3, 0.4) is 0 Å². The summed E-state index contributed by atoms with van der Waals surface area (Å²) in [7, 11) is 1.59. The van der Waals surface area contributed by atoms with Gasteiger partial charge in [-0.3, -0.25) is 10.1 Å². The number of methoxy groups -OCH3 is 1. The Hall–Kier alpha value is -0.760. The van der Waals surface area contributed by atoms with Gasteiger partial charge in [0.15, 0.2) is 0 Å². The smallest absolute Gasteiger partial charge is 0.258 e. The Kier molecular flexibility index (Phi) is 6.81. The number of aryl methyl sites for hydroxylation is 1. The quantitative estimate of drug-likeness (QED) is 0.862. The average Bonchev–Trinajstić information content (AvgIpc) is 2.87. The summed E-state index contributed by atoms with van der Waals surface area (Å²) in [5, 5.41) is 15.6.